The number of hydrogen-bond acceptors (Lipinski definition) is 4. The van der Waals surface area contributed by atoms with E-state index in [0.29, 0.717) is 0 Å². The highest BCUT2D eigenvalue weighted by molar-refractivity contribution is 5.80. The van der Waals surface area contributed by atoms with Crippen LogP contribution < -0.4 is 10.6 Å². The van der Waals surface area contributed by atoms with Gasteiger partial charge in [-0.15, -0.1) is 0 Å². The molecule has 0 saturated carbocycles. The van der Waals surface area contributed by atoms with Crippen LogP contribution in [0.15, 0.2) is 35.3 Å². The summed E-state index contributed by atoms with van der Waals surface area (Å²) in [7, 11) is 1.79. The van der Waals surface area contributed by atoms with Crippen LogP contribution in [-0.4, -0.2) is 68.5 Å². The standard InChI is InChI=1S/C22H36N4O3/c1-22(2,3)29-21(27)25-19-11-14-26(17-19)20(23-4)24-13-8-15-28-16-12-18-9-6-5-7-10-18/h5-7,9-10,19H,8,11-17H2,1-4H3,(H,23,24)(H,25,27). The van der Waals surface area contributed by atoms with Gasteiger partial charge in [0, 0.05) is 33.3 Å². The number of likely N-dealkylation sites (tertiary alicyclic amines) is 1. The summed E-state index contributed by atoms with van der Waals surface area (Å²) in [5.74, 6) is 0.864. The van der Waals surface area contributed by atoms with Gasteiger partial charge in [-0.2, -0.15) is 0 Å². The number of aliphatic imine (C=N–C) groups is 1. The first kappa shape index (κ1) is 23.0. The number of nitrogens with one attached hydrogen (secondary N) is 2. The molecule has 1 amide bonds. The smallest absolute Gasteiger partial charge is 0.407 e. The molecule has 1 aliphatic rings. The Morgan fingerprint density at radius 1 is 1.24 bits per heavy atom. The fourth-order valence-electron chi connectivity index (χ4n) is 3.19. The highest BCUT2D eigenvalue weighted by atomic mass is 16.6. The molecule has 1 fully saturated rings. The van der Waals surface area contributed by atoms with E-state index in [1.54, 1.807) is 7.05 Å². The summed E-state index contributed by atoms with van der Waals surface area (Å²) in [6.45, 7) is 9.45. The Kier molecular flexibility index (Phi) is 9.25. The second-order valence-electron chi connectivity index (χ2n) is 8.25. The van der Waals surface area contributed by atoms with E-state index in [4.69, 9.17) is 9.47 Å². The van der Waals surface area contributed by atoms with Crippen molar-refractivity contribution in [3.63, 3.8) is 0 Å². The molecule has 2 rings (SSSR count). The average molecular weight is 405 g/mol. The number of guanidine groups is 1. The van der Waals surface area contributed by atoms with Gasteiger partial charge in [0.05, 0.1) is 12.6 Å². The van der Waals surface area contributed by atoms with Crippen LogP contribution in [0.4, 0.5) is 4.79 Å². The lowest BCUT2D eigenvalue weighted by molar-refractivity contribution is 0.0507. The van der Waals surface area contributed by atoms with Crippen molar-refractivity contribution in [3.8, 4) is 0 Å². The van der Waals surface area contributed by atoms with Gasteiger partial charge >= 0.3 is 6.09 Å². The molecule has 1 heterocycles. The SMILES string of the molecule is CN=C(NCCCOCCc1ccccc1)N1CCC(NC(=O)OC(C)(C)C)C1. The zero-order valence-corrected chi connectivity index (χ0v) is 18.2. The second-order valence-corrected chi connectivity index (χ2v) is 8.25. The average Bonchev–Trinajstić information content (AvgIpc) is 3.11. The third kappa shape index (κ3) is 9.17. The first-order chi connectivity index (χ1) is 13.9. The molecule has 1 aromatic rings. The quantitative estimate of drug-likeness (QED) is 0.396. The van der Waals surface area contributed by atoms with Crippen molar-refractivity contribution >= 4 is 12.1 Å². The normalized spacial score (nSPS) is 17.3. The Balaban J connectivity index is 1.58. The zero-order valence-electron chi connectivity index (χ0n) is 18.2. The molecule has 2 N–H and O–H groups in total. The second kappa shape index (κ2) is 11.7. The van der Waals surface area contributed by atoms with E-state index in [0.717, 1.165) is 58.1 Å². The molecule has 1 saturated heterocycles. The lowest BCUT2D eigenvalue weighted by atomic mass is 10.2. The molecule has 162 valence electrons. The van der Waals surface area contributed by atoms with Gasteiger partial charge in [-0.3, -0.25) is 4.99 Å². The fraction of sp³-hybridized carbons (Fsp3) is 0.636. The van der Waals surface area contributed by atoms with Crippen LogP contribution in [0.25, 0.3) is 0 Å². The molecule has 1 atom stereocenters. The Morgan fingerprint density at radius 3 is 2.69 bits per heavy atom. The van der Waals surface area contributed by atoms with Crippen LogP contribution >= 0.6 is 0 Å². The molecular formula is C22H36N4O3. The van der Waals surface area contributed by atoms with Crippen molar-refractivity contribution in [2.45, 2.75) is 51.7 Å². The van der Waals surface area contributed by atoms with Gasteiger partial charge in [0.15, 0.2) is 5.96 Å². The number of carbonyl (C=O) groups excluding carboxylic acids is 1. The van der Waals surface area contributed by atoms with Gasteiger partial charge in [-0.1, -0.05) is 30.3 Å². The van der Waals surface area contributed by atoms with Crippen molar-refractivity contribution in [2.24, 2.45) is 4.99 Å². The molecule has 0 bridgehead atoms. The number of benzene rings is 1. The number of ether oxygens (including phenoxy) is 2. The highest BCUT2D eigenvalue weighted by Gasteiger charge is 2.27. The molecule has 29 heavy (non-hydrogen) atoms. The van der Waals surface area contributed by atoms with Crippen molar-refractivity contribution in [1.29, 1.82) is 0 Å². The maximum Gasteiger partial charge on any atom is 0.407 e. The minimum absolute atomic E-state index is 0.0738. The summed E-state index contributed by atoms with van der Waals surface area (Å²) in [6.07, 6.45) is 2.37. The summed E-state index contributed by atoms with van der Waals surface area (Å²) in [6, 6.07) is 10.4. The molecule has 0 spiro atoms. The van der Waals surface area contributed by atoms with E-state index in [1.807, 2.05) is 26.8 Å². The maximum absolute atomic E-state index is 11.9. The Bertz CT molecular complexity index is 643. The van der Waals surface area contributed by atoms with Gasteiger partial charge in [0.25, 0.3) is 0 Å². The first-order valence-corrected chi connectivity index (χ1v) is 10.4. The number of rotatable bonds is 8. The first-order valence-electron chi connectivity index (χ1n) is 10.4. The third-order valence-corrected chi connectivity index (χ3v) is 4.55. The van der Waals surface area contributed by atoms with Gasteiger partial charge in [0.1, 0.15) is 5.60 Å². The van der Waals surface area contributed by atoms with E-state index in [1.165, 1.54) is 5.56 Å². The molecule has 1 aliphatic heterocycles. The summed E-state index contributed by atoms with van der Waals surface area (Å²) < 4.78 is 11.1. The minimum atomic E-state index is -0.483. The molecule has 0 radical (unpaired) electrons. The van der Waals surface area contributed by atoms with E-state index >= 15 is 0 Å². The highest BCUT2D eigenvalue weighted by Crippen LogP contribution is 2.12. The predicted molar refractivity (Wildman–Crippen MR) is 116 cm³/mol. The van der Waals surface area contributed by atoms with E-state index in [9.17, 15) is 4.79 Å². The van der Waals surface area contributed by atoms with Crippen LogP contribution in [0, 0.1) is 0 Å². The van der Waals surface area contributed by atoms with Gasteiger partial charge in [0.2, 0.25) is 0 Å². The largest absolute Gasteiger partial charge is 0.444 e. The van der Waals surface area contributed by atoms with Crippen molar-refractivity contribution in [2.75, 3.05) is 39.9 Å². The lowest BCUT2D eigenvalue weighted by Gasteiger charge is -2.23. The van der Waals surface area contributed by atoms with Crippen LogP contribution in [-0.2, 0) is 15.9 Å². The summed E-state index contributed by atoms with van der Waals surface area (Å²) in [5, 5.41) is 6.33. The number of alkyl carbamates (subject to hydrolysis) is 1. The van der Waals surface area contributed by atoms with E-state index < -0.39 is 5.60 Å². The number of hydrogen-bond donors (Lipinski definition) is 2. The third-order valence-electron chi connectivity index (χ3n) is 4.55. The molecule has 7 nitrogen and oxygen atoms in total. The van der Waals surface area contributed by atoms with Crippen molar-refractivity contribution in [1.82, 2.24) is 15.5 Å². The summed E-state index contributed by atoms with van der Waals surface area (Å²) >= 11 is 0. The zero-order chi connectivity index (χ0) is 21.1. The Hall–Kier alpha value is -2.28. The van der Waals surface area contributed by atoms with Crippen LogP contribution in [0.2, 0.25) is 0 Å². The van der Waals surface area contributed by atoms with E-state index in [-0.39, 0.29) is 12.1 Å². The van der Waals surface area contributed by atoms with Crippen molar-refractivity contribution in [3.05, 3.63) is 35.9 Å². The van der Waals surface area contributed by atoms with Crippen LogP contribution in [0.5, 0.6) is 0 Å². The molecule has 0 aliphatic carbocycles. The number of carbonyl (C=O) groups is 1. The number of amides is 1. The van der Waals surface area contributed by atoms with Gasteiger partial charge < -0.3 is 25.0 Å². The number of nitrogens with zero attached hydrogens (tertiary/aromatic N) is 2. The maximum atomic E-state index is 11.9. The molecule has 1 unspecified atom stereocenters. The summed E-state index contributed by atoms with van der Waals surface area (Å²) in [4.78, 5) is 18.5. The van der Waals surface area contributed by atoms with Crippen LogP contribution in [0.1, 0.15) is 39.2 Å². The van der Waals surface area contributed by atoms with Crippen molar-refractivity contribution < 1.29 is 14.3 Å². The molecule has 0 aromatic heterocycles. The minimum Gasteiger partial charge on any atom is -0.444 e. The van der Waals surface area contributed by atoms with Gasteiger partial charge in [-0.25, -0.2) is 4.79 Å². The topological polar surface area (TPSA) is 75.2 Å². The van der Waals surface area contributed by atoms with E-state index in [2.05, 4.69) is 44.8 Å². The monoisotopic (exact) mass is 404 g/mol. The Morgan fingerprint density at radius 2 is 2.00 bits per heavy atom. The van der Waals surface area contributed by atoms with Crippen LogP contribution in [0.3, 0.4) is 0 Å². The summed E-state index contributed by atoms with van der Waals surface area (Å²) in [5.41, 5.74) is 0.818. The Labute approximate surface area is 174 Å². The lowest BCUT2D eigenvalue weighted by Crippen LogP contribution is -2.44. The molecule has 1 aromatic carbocycles. The molecular weight excluding hydrogens is 368 g/mol. The van der Waals surface area contributed by atoms with Gasteiger partial charge in [-0.05, 0) is 45.6 Å². The fourth-order valence-corrected chi connectivity index (χ4v) is 3.19. The molecule has 7 heteroatoms. The predicted octanol–water partition coefficient (Wildman–Crippen LogP) is 2.81.